The summed E-state index contributed by atoms with van der Waals surface area (Å²) in [7, 11) is 3.72. The van der Waals surface area contributed by atoms with Crippen molar-refractivity contribution >= 4 is 11.6 Å². The Morgan fingerprint density at radius 3 is 2.50 bits per heavy atom. The molecule has 1 aromatic carbocycles. The van der Waals surface area contributed by atoms with Crippen LogP contribution in [0.25, 0.3) is 0 Å². The standard InChI is InChI=1S/C13H20N2O.H2/c1-4-5-10-15(3)12-8-6-11(7-9-12)13(16)14-2;/h6-9H,4-5,10H2,1-3H3,(H,14,16);1H. The summed E-state index contributed by atoms with van der Waals surface area (Å²) in [6, 6.07) is 7.69. The average Bonchev–Trinajstić information content (AvgIpc) is 2.35. The van der Waals surface area contributed by atoms with Crippen LogP contribution in [0.3, 0.4) is 0 Å². The van der Waals surface area contributed by atoms with Crippen LogP contribution >= 0.6 is 0 Å². The molecule has 3 heteroatoms. The van der Waals surface area contributed by atoms with Gasteiger partial charge in [0.1, 0.15) is 0 Å². The van der Waals surface area contributed by atoms with E-state index in [1.165, 1.54) is 12.8 Å². The predicted molar refractivity (Wildman–Crippen MR) is 70.1 cm³/mol. The minimum Gasteiger partial charge on any atom is -0.375 e. The number of carbonyl (C=O) groups excluding carboxylic acids is 1. The predicted octanol–water partition coefficient (Wildman–Crippen LogP) is 2.53. The highest BCUT2D eigenvalue weighted by atomic mass is 16.1. The fraction of sp³-hybridized carbons (Fsp3) is 0.462. The maximum atomic E-state index is 11.3. The van der Waals surface area contributed by atoms with E-state index in [0.717, 1.165) is 12.2 Å². The van der Waals surface area contributed by atoms with Crippen molar-refractivity contribution in [2.75, 3.05) is 25.5 Å². The summed E-state index contributed by atoms with van der Waals surface area (Å²) in [5.74, 6) is -0.0391. The van der Waals surface area contributed by atoms with Gasteiger partial charge in [0.05, 0.1) is 0 Å². The van der Waals surface area contributed by atoms with E-state index in [1.54, 1.807) is 7.05 Å². The number of anilines is 1. The molecule has 90 valence electrons. The Morgan fingerprint density at radius 1 is 1.38 bits per heavy atom. The molecule has 0 aliphatic heterocycles. The van der Waals surface area contributed by atoms with Crippen molar-refractivity contribution in [3.8, 4) is 0 Å². The summed E-state index contributed by atoms with van der Waals surface area (Å²) in [6.07, 6.45) is 2.38. The Bertz CT molecular complexity index is 338. The number of nitrogens with zero attached hydrogens (tertiary/aromatic N) is 1. The highest BCUT2D eigenvalue weighted by Crippen LogP contribution is 2.14. The van der Waals surface area contributed by atoms with Gasteiger partial charge in [0, 0.05) is 33.3 Å². The van der Waals surface area contributed by atoms with E-state index in [9.17, 15) is 4.79 Å². The van der Waals surface area contributed by atoms with E-state index in [2.05, 4.69) is 24.2 Å². The van der Waals surface area contributed by atoms with E-state index in [4.69, 9.17) is 0 Å². The van der Waals surface area contributed by atoms with Crippen LogP contribution in [-0.4, -0.2) is 26.5 Å². The van der Waals surface area contributed by atoms with Gasteiger partial charge in [-0.3, -0.25) is 4.79 Å². The van der Waals surface area contributed by atoms with Crippen LogP contribution in [0.2, 0.25) is 0 Å². The third kappa shape index (κ3) is 3.26. The molecular weight excluding hydrogens is 200 g/mol. The summed E-state index contributed by atoms with van der Waals surface area (Å²) in [4.78, 5) is 13.5. The molecule has 0 spiro atoms. The molecule has 0 heterocycles. The lowest BCUT2D eigenvalue weighted by Crippen LogP contribution is -2.20. The number of rotatable bonds is 5. The molecule has 1 aromatic rings. The van der Waals surface area contributed by atoms with Crippen LogP contribution in [0.5, 0.6) is 0 Å². The zero-order valence-corrected chi connectivity index (χ0v) is 10.3. The number of hydrogen-bond acceptors (Lipinski definition) is 2. The van der Waals surface area contributed by atoms with Gasteiger partial charge in [-0.1, -0.05) is 13.3 Å². The first-order valence-corrected chi connectivity index (χ1v) is 5.72. The summed E-state index contributed by atoms with van der Waals surface area (Å²) >= 11 is 0. The van der Waals surface area contributed by atoms with Crippen molar-refractivity contribution in [2.24, 2.45) is 0 Å². The van der Waals surface area contributed by atoms with E-state index in [0.29, 0.717) is 5.56 Å². The van der Waals surface area contributed by atoms with Crippen LogP contribution in [0.15, 0.2) is 24.3 Å². The molecule has 16 heavy (non-hydrogen) atoms. The Balaban J connectivity index is 0.00000256. The Morgan fingerprint density at radius 2 is 2.00 bits per heavy atom. The first-order valence-electron chi connectivity index (χ1n) is 5.72. The largest absolute Gasteiger partial charge is 0.375 e. The number of unbranched alkanes of at least 4 members (excludes halogenated alkanes) is 1. The molecule has 0 fully saturated rings. The van der Waals surface area contributed by atoms with Crippen molar-refractivity contribution in [3.05, 3.63) is 29.8 Å². The van der Waals surface area contributed by atoms with Gasteiger partial charge >= 0.3 is 0 Å². The van der Waals surface area contributed by atoms with Gasteiger partial charge in [-0.15, -0.1) is 0 Å². The molecule has 0 atom stereocenters. The van der Waals surface area contributed by atoms with E-state index in [1.807, 2.05) is 24.3 Å². The molecule has 0 bridgehead atoms. The lowest BCUT2D eigenvalue weighted by molar-refractivity contribution is 0.0963. The number of amides is 1. The third-order valence-corrected chi connectivity index (χ3v) is 2.64. The molecule has 0 unspecified atom stereocenters. The fourth-order valence-corrected chi connectivity index (χ4v) is 1.54. The van der Waals surface area contributed by atoms with E-state index in [-0.39, 0.29) is 7.33 Å². The molecule has 0 saturated carbocycles. The zero-order chi connectivity index (χ0) is 12.0. The quantitative estimate of drug-likeness (QED) is 0.830. The van der Waals surface area contributed by atoms with Gasteiger partial charge in [-0.05, 0) is 30.7 Å². The minimum absolute atomic E-state index is 0. The minimum atomic E-state index is -0.0391. The lowest BCUT2D eigenvalue weighted by atomic mass is 10.2. The van der Waals surface area contributed by atoms with Crippen LogP contribution < -0.4 is 10.2 Å². The number of nitrogens with one attached hydrogen (secondary N) is 1. The maximum absolute atomic E-state index is 11.3. The highest BCUT2D eigenvalue weighted by molar-refractivity contribution is 5.94. The molecule has 0 aromatic heterocycles. The molecule has 0 radical (unpaired) electrons. The van der Waals surface area contributed by atoms with Gasteiger partial charge in [0.2, 0.25) is 0 Å². The molecule has 3 nitrogen and oxygen atoms in total. The first kappa shape index (κ1) is 12.6. The van der Waals surface area contributed by atoms with Crippen molar-refractivity contribution in [1.82, 2.24) is 5.32 Å². The van der Waals surface area contributed by atoms with Crippen molar-refractivity contribution in [3.63, 3.8) is 0 Å². The van der Waals surface area contributed by atoms with E-state index < -0.39 is 0 Å². The van der Waals surface area contributed by atoms with Crippen molar-refractivity contribution in [1.29, 1.82) is 0 Å². The highest BCUT2D eigenvalue weighted by Gasteiger charge is 2.04. The molecule has 0 aliphatic rings. The topological polar surface area (TPSA) is 32.3 Å². The van der Waals surface area contributed by atoms with Crippen molar-refractivity contribution in [2.45, 2.75) is 19.8 Å². The second kappa shape index (κ2) is 6.16. The Labute approximate surface area is 98.9 Å². The second-order valence-corrected chi connectivity index (χ2v) is 3.90. The summed E-state index contributed by atoms with van der Waals surface area (Å²) < 4.78 is 0. The van der Waals surface area contributed by atoms with Crippen LogP contribution in [-0.2, 0) is 0 Å². The Hall–Kier alpha value is -1.51. The molecule has 1 N–H and O–H groups in total. The summed E-state index contributed by atoms with van der Waals surface area (Å²) in [5, 5.41) is 2.61. The van der Waals surface area contributed by atoms with Crippen LogP contribution in [0.1, 0.15) is 31.6 Å². The summed E-state index contributed by atoms with van der Waals surface area (Å²) in [5.41, 5.74) is 1.86. The first-order chi connectivity index (χ1) is 7.69. The summed E-state index contributed by atoms with van der Waals surface area (Å²) in [6.45, 7) is 3.23. The van der Waals surface area contributed by atoms with Crippen molar-refractivity contribution < 1.29 is 6.22 Å². The number of benzene rings is 1. The van der Waals surface area contributed by atoms with Gasteiger partial charge in [-0.2, -0.15) is 0 Å². The smallest absolute Gasteiger partial charge is 0.251 e. The fourth-order valence-electron chi connectivity index (χ4n) is 1.54. The molecule has 0 saturated heterocycles. The van der Waals surface area contributed by atoms with Crippen LogP contribution in [0, 0.1) is 0 Å². The molecule has 1 amide bonds. The van der Waals surface area contributed by atoms with Gasteiger partial charge in [0.15, 0.2) is 0 Å². The zero-order valence-electron chi connectivity index (χ0n) is 10.3. The second-order valence-electron chi connectivity index (χ2n) is 3.90. The molecule has 0 aliphatic carbocycles. The monoisotopic (exact) mass is 222 g/mol. The van der Waals surface area contributed by atoms with Gasteiger partial charge in [0.25, 0.3) is 5.91 Å². The lowest BCUT2D eigenvalue weighted by Gasteiger charge is -2.19. The number of carbonyl (C=O) groups is 1. The normalized spacial score (nSPS) is 9.94. The van der Waals surface area contributed by atoms with Crippen LogP contribution in [0.4, 0.5) is 5.69 Å². The molecular formula is C13H22N2O. The van der Waals surface area contributed by atoms with E-state index >= 15 is 0 Å². The molecule has 1 rings (SSSR count). The number of hydrogen-bond donors (Lipinski definition) is 1. The maximum Gasteiger partial charge on any atom is 0.251 e. The SMILES string of the molecule is CCCCN(C)c1ccc(C(=O)NC)cc1.[HH]. The van der Waals surface area contributed by atoms with Gasteiger partial charge < -0.3 is 10.2 Å². The average molecular weight is 222 g/mol. The van der Waals surface area contributed by atoms with Gasteiger partial charge in [-0.25, -0.2) is 0 Å². The Kier molecular flexibility index (Phi) is 4.83. The third-order valence-electron chi connectivity index (χ3n) is 2.64.